The van der Waals surface area contributed by atoms with Crippen LogP contribution in [0.5, 0.6) is 0 Å². The van der Waals surface area contributed by atoms with E-state index in [9.17, 15) is 18.9 Å². The summed E-state index contributed by atoms with van der Waals surface area (Å²) in [5.41, 5.74) is 5.21. The highest BCUT2D eigenvalue weighted by Crippen LogP contribution is 2.31. The lowest BCUT2D eigenvalue weighted by Gasteiger charge is -2.16. The third-order valence-corrected chi connectivity index (χ3v) is 2.83. The van der Waals surface area contributed by atoms with Gasteiger partial charge in [-0.05, 0) is 12.1 Å². The fourth-order valence-electron chi connectivity index (χ4n) is 1.78. The Bertz CT molecular complexity index is 648. The molecule has 0 spiro atoms. The number of nitro benzene ring substituents is 1. The van der Waals surface area contributed by atoms with Gasteiger partial charge in [0.05, 0.1) is 23.4 Å². The minimum atomic E-state index is -3.05. The van der Waals surface area contributed by atoms with Gasteiger partial charge in [-0.3, -0.25) is 15.1 Å². The fourth-order valence-corrected chi connectivity index (χ4v) is 1.78. The molecule has 0 saturated carbocycles. The van der Waals surface area contributed by atoms with E-state index in [0.29, 0.717) is 16.5 Å². The predicted octanol–water partition coefficient (Wildman–Crippen LogP) is 2.15. The minimum absolute atomic E-state index is 0.0986. The number of non-ortho nitro benzene ring substituents is 1. The van der Waals surface area contributed by atoms with Crippen LogP contribution >= 0.6 is 0 Å². The second kappa shape index (κ2) is 5.33. The first-order valence-electron chi connectivity index (χ1n) is 5.77. The third kappa shape index (κ3) is 2.80. The highest BCUT2D eigenvalue weighted by atomic mass is 19.3. The van der Waals surface area contributed by atoms with Crippen molar-refractivity contribution in [1.82, 2.24) is 4.98 Å². The first kappa shape index (κ1) is 14.1. The maximum absolute atomic E-state index is 13.1. The van der Waals surface area contributed by atoms with Crippen molar-refractivity contribution in [3.63, 3.8) is 0 Å². The first-order chi connectivity index (χ1) is 9.44. The van der Waals surface area contributed by atoms with E-state index in [1.54, 1.807) is 0 Å². The summed E-state index contributed by atoms with van der Waals surface area (Å²) in [4.78, 5) is 14.3. The predicted molar refractivity (Wildman–Crippen MR) is 70.9 cm³/mol. The Morgan fingerprint density at radius 1 is 1.35 bits per heavy atom. The average molecular weight is 282 g/mol. The van der Waals surface area contributed by atoms with Gasteiger partial charge in [-0.15, -0.1) is 0 Å². The van der Waals surface area contributed by atoms with Crippen LogP contribution in [0.1, 0.15) is 0 Å². The van der Waals surface area contributed by atoms with Crippen LogP contribution in [-0.4, -0.2) is 28.9 Å². The van der Waals surface area contributed by atoms with Crippen LogP contribution in [0.25, 0.3) is 10.8 Å². The fraction of sp³-hybridized carbons (Fsp3) is 0.250. The summed E-state index contributed by atoms with van der Waals surface area (Å²) >= 11 is 0. The summed E-state index contributed by atoms with van der Waals surface area (Å²) in [7, 11) is 0. The SMILES string of the molecule is NCC(F)(F)CNc1ccc([N+](=O)[O-])c2ccncc12. The van der Waals surface area contributed by atoms with Gasteiger partial charge < -0.3 is 11.1 Å². The van der Waals surface area contributed by atoms with Gasteiger partial charge in [0.1, 0.15) is 0 Å². The number of nitrogens with two attached hydrogens (primary N) is 1. The van der Waals surface area contributed by atoms with Crippen LogP contribution < -0.4 is 11.1 Å². The quantitative estimate of drug-likeness (QED) is 0.647. The highest BCUT2D eigenvalue weighted by Gasteiger charge is 2.26. The summed E-state index contributed by atoms with van der Waals surface area (Å²) in [5.74, 6) is -3.05. The number of pyridine rings is 1. The van der Waals surface area contributed by atoms with Gasteiger partial charge in [-0.1, -0.05) is 0 Å². The van der Waals surface area contributed by atoms with Crippen molar-refractivity contribution in [3.05, 3.63) is 40.7 Å². The van der Waals surface area contributed by atoms with Crippen LogP contribution in [0.3, 0.4) is 0 Å². The van der Waals surface area contributed by atoms with Crippen molar-refractivity contribution >= 4 is 22.1 Å². The van der Waals surface area contributed by atoms with Crippen molar-refractivity contribution in [3.8, 4) is 0 Å². The number of anilines is 1. The van der Waals surface area contributed by atoms with Crippen LogP contribution in [0.15, 0.2) is 30.6 Å². The molecule has 0 aliphatic carbocycles. The van der Waals surface area contributed by atoms with E-state index < -0.39 is 23.9 Å². The molecule has 1 aromatic heterocycles. The van der Waals surface area contributed by atoms with Gasteiger partial charge in [0.15, 0.2) is 0 Å². The zero-order valence-corrected chi connectivity index (χ0v) is 10.3. The molecule has 1 heterocycles. The van der Waals surface area contributed by atoms with Gasteiger partial charge in [-0.25, -0.2) is 8.78 Å². The van der Waals surface area contributed by atoms with Crippen molar-refractivity contribution in [1.29, 1.82) is 0 Å². The monoisotopic (exact) mass is 282 g/mol. The lowest BCUT2D eigenvalue weighted by Crippen LogP contribution is -2.35. The number of rotatable bonds is 5. The molecule has 0 bridgehead atoms. The normalized spacial score (nSPS) is 11.6. The molecular formula is C12H12F2N4O2. The molecule has 0 aliphatic rings. The standard InChI is InChI=1S/C12H12F2N4O2/c13-12(14,6-15)7-17-10-1-2-11(18(19)20)8-3-4-16-5-9(8)10/h1-5,17H,6-7,15H2. The topological polar surface area (TPSA) is 94.1 Å². The molecule has 0 unspecified atom stereocenters. The number of hydrogen-bond acceptors (Lipinski definition) is 5. The van der Waals surface area contributed by atoms with E-state index in [1.165, 1.54) is 30.6 Å². The Morgan fingerprint density at radius 3 is 2.75 bits per heavy atom. The molecule has 106 valence electrons. The number of nitrogens with zero attached hydrogens (tertiary/aromatic N) is 2. The van der Waals surface area contributed by atoms with E-state index in [0.717, 1.165) is 0 Å². The highest BCUT2D eigenvalue weighted by molar-refractivity contribution is 5.99. The van der Waals surface area contributed by atoms with E-state index in [2.05, 4.69) is 10.3 Å². The van der Waals surface area contributed by atoms with Crippen molar-refractivity contribution in [2.75, 3.05) is 18.4 Å². The molecular weight excluding hydrogens is 270 g/mol. The lowest BCUT2D eigenvalue weighted by atomic mass is 10.1. The molecule has 20 heavy (non-hydrogen) atoms. The number of aromatic nitrogens is 1. The maximum Gasteiger partial charge on any atom is 0.277 e. The zero-order chi connectivity index (χ0) is 14.8. The summed E-state index contributed by atoms with van der Waals surface area (Å²) in [6.45, 7) is -1.42. The third-order valence-electron chi connectivity index (χ3n) is 2.83. The van der Waals surface area contributed by atoms with Crippen LogP contribution in [0, 0.1) is 10.1 Å². The van der Waals surface area contributed by atoms with Crippen LogP contribution in [0.4, 0.5) is 20.2 Å². The summed E-state index contributed by atoms with van der Waals surface area (Å²) in [5, 5.41) is 14.2. The van der Waals surface area contributed by atoms with Crippen molar-refractivity contribution in [2.24, 2.45) is 5.73 Å². The Labute approximate surface area is 112 Å². The van der Waals surface area contributed by atoms with E-state index >= 15 is 0 Å². The minimum Gasteiger partial charge on any atom is -0.378 e. The molecule has 8 heteroatoms. The Hall–Kier alpha value is -2.35. The molecule has 3 N–H and O–H groups in total. The van der Waals surface area contributed by atoms with Gasteiger partial charge in [0.25, 0.3) is 11.6 Å². The van der Waals surface area contributed by atoms with Crippen molar-refractivity contribution < 1.29 is 13.7 Å². The molecule has 0 atom stereocenters. The number of hydrogen-bond donors (Lipinski definition) is 2. The van der Waals surface area contributed by atoms with Gasteiger partial charge in [0, 0.05) is 29.5 Å². The van der Waals surface area contributed by atoms with Gasteiger partial charge in [0.2, 0.25) is 0 Å². The van der Waals surface area contributed by atoms with E-state index in [-0.39, 0.29) is 5.69 Å². The molecule has 0 saturated heterocycles. The Kier molecular flexibility index (Phi) is 3.75. The smallest absolute Gasteiger partial charge is 0.277 e. The number of nitro groups is 1. The molecule has 0 fully saturated rings. The largest absolute Gasteiger partial charge is 0.378 e. The summed E-state index contributed by atoms with van der Waals surface area (Å²) in [6, 6.07) is 4.12. The molecule has 0 amide bonds. The van der Waals surface area contributed by atoms with Gasteiger partial charge in [-0.2, -0.15) is 0 Å². The molecule has 2 aromatic rings. The Balaban J connectivity index is 2.41. The van der Waals surface area contributed by atoms with Crippen LogP contribution in [0.2, 0.25) is 0 Å². The molecule has 0 aliphatic heterocycles. The number of alkyl halides is 2. The van der Waals surface area contributed by atoms with Crippen molar-refractivity contribution in [2.45, 2.75) is 5.92 Å². The van der Waals surface area contributed by atoms with Gasteiger partial charge >= 0.3 is 0 Å². The summed E-state index contributed by atoms with van der Waals surface area (Å²) in [6.07, 6.45) is 2.80. The molecule has 2 rings (SSSR count). The second-order valence-corrected chi connectivity index (χ2v) is 4.22. The number of nitrogens with one attached hydrogen (secondary N) is 1. The van der Waals surface area contributed by atoms with Crippen LogP contribution in [-0.2, 0) is 0 Å². The average Bonchev–Trinajstić information content (AvgIpc) is 2.44. The lowest BCUT2D eigenvalue weighted by molar-refractivity contribution is -0.383. The molecule has 0 radical (unpaired) electrons. The maximum atomic E-state index is 13.1. The van der Waals surface area contributed by atoms with E-state index in [1.807, 2.05) is 0 Å². The summed E-state index contributed by atoms with van der Waals surface area (Å²) < 4.78 is 26.3. The van der Waals surface area contributed by atoms with E-state index in [4.69, 9.17) is 5.73 Å². The Morgan fingerprint density at radius 2 is 2.10 bits per heavy atom. The molecule has 1 aromatic carbocycles. The first-order valence-corrected chi connectivity index (χ1v) is 5.77. The number of halogens is 2. The number of benzene rings is 1. The molecule has 6 nitrogen and oxygen atoms in total. The zero-order valence-electron chi connectivity index (χ0n) is 10.3. The number of fused-ring (bicyclic) bond motifs is 1. The second-order valence-electron chi connectivity index (χ2n) is 4.22.